The van der Waals surface area contributed by atoms with Crippen LogP contribution >= 0.6 is 0 Å². The number of nitrogens with zero attached hydrogens (tertiary/aromatic N) is 1. The van der Waals surface area contributed by atoms with Gasteiger partial charge in [-0.1, -0.05) is 6.92 Å². The van der Waals surface area contributed by atoms with E-state index in [1.807, 2.05) is 20.8 Å². The van der Waals surface area contributed by atoms with Crippen LogP contribution in [0.5, 0.6) is 0 Å². The molecule has 0 bridgehead atoms. The lowest BCUT2D eigenvalue weighted by Gasteiger charge is -2.39. The Morgan fingerprint density at radius 3 is 2.38 bits per heavy atom. The molecule has 13 heavy (non-hydrogen) atoms. The van der Waals surface area contributed by atoms with Gasteiger partial charge in [-0.3, -0.25) is 0 Å². The van der Waals surface area contributed by atoms with Gasteiger partial charge in [0.25, 0.3) is 0 Å². The molecule has 1 saturated heterocycles. The van der Waals surface area contributed by atoms with Crippen molar-refractivity contribution < 1.29 is 9.53 Å². The Morgan fingerprint density at radius 1 is 1.46 bits per heavy atom. The lowest BCUT2D eigenvalue weighted by molar-refractivity contribution is -0.00139. The van der Waals surface area contributed by atoms with Crippen LogP contribution in [0.1, 0.15) is 34.1 Å². The fourth-order valence-electron chi connectivity index (χ4n) is 1.30. The highest BCUT2D eigenvalue weighted by atomic mass is 16.6. The van der Waals surface area contributed by atoms with E-state index in [1.54, 1.807) is 4.90 Å². The molecular weight excluding hydrogens is 166 g/mol. The van der Waals surface area contributed by atoms with Crippen LogP contribution in [-0.4, -0.2) is 29.7 Å². The molecule has 1 heterocycles. The molecule has 0 aromatic carbocycles. The van der Waals surface area contributed by atoms with Crippen LogP contribution in [0, 0.1) is 5.92 Å². The van der Waals surface area contributed by atoms with Crippen LogP contribution in [-0.2, 0) is 4.74 Å². The molecule has 0 unspecified atom stereocenters. The smallest absolute Gasteiger partial charge is 0.410 e. The van der Waals surface area contributed by atoms with Crippen molar-refractivity contribution in [1.29, 1.82) is 0 Å². The van der Waals surface area contributed by atoms with Crippen LogP contribution in [0.15, 0.2) is 0 Å². The maximum Gasteiger partial charge on any atom is 0.410 e. The fraction of sp³-hybridized carbons (Fsp3) is 0.900. The molecule has 0 aromatic heterocycles. The first-order valence-corrected chi connectivity index (χ1v) is 4.90. The Bertz CT molecular complexity index is 190. The van der Waals surface area contributed by atoms with Crippen LogP contribution in [0.3, 0.4) is 0 Å². The van der Waals surface area contributed by atoms with Crippen molar-refractivity contribution in [2.75, 3.05) is 13.1 Å². The summed E-state index contributed by atoms with van der Waals surface area (Å²) in [4.78, 5) is 13.2. The van der Waals surface area contributed by atoms with Gasteiger partial charge >= 0.3 is 6.09 Å². The third-order valence-corrected chi connectivity index (χ3v) is 2.19. The van der Waals surface area contributed by atoms with E-state index < -0.39 is 0 Å². The minimum absolute atomic E-state index is 0.169. The van der Waals surface area contributed by atoms with Crippen molar-refractivity contribution in [2.45, 2.75) is 39.7 Å². The molecule has 1 fully saturated rings. The molecular formula is C10H19NO2. The third kappa shape index (κ3) is 2.90. The molecule has 1 rings (SSSR count). The van der Waals surface area contributed by atoms with Crippen molar-refractivity contribution in [1.82, 2.24) is 4.90 Å². The maximum absolute atomic E-state index is 11.4. The lowest BCUT2D eigenvalue weighted by atomic mass is 9.98. The zero-order valence-corrected chi connectivity index (χ0v) is 8.96. The average Bonchev–Trinajstić information content (AvgIpc) is 1.79. The van der Waals surface area contributed by atoms with Gasteiger partial charge in [-0.25, -0.2) is 4.79 Å². The summed E-state index contributed by atoms with van der Waals surface area (Å²) in [6.45, 7) is 9.56. The molecule has 0 spiro atoms. The topological polar surface area (TPSA) is 29.5 Å². The number of ether oxygens (including phenoxy) is 1. The number of rotatable bonds is 1. The van der Waals surface area contributed by atoms with Gasteiger partial charge in [0.05, 0.1) is 0 Å². The molecule has 1 amide bonds. The normalized spacial score (nSPS) is 18.3. The fourth-order valence-corrected chi connectivity index (χ4v) is 1.30. The molecule has 3 nitrogen and oxygen atoms in total. The summed E-state index contributed by atoms with van der Waals surface area (Å²) in [5.74, 6) is 0.688. The summed E-state index contributed by atoms with van der Waals surface area (Å²) in [7, 11) is 0. The zero-order chi connectivity index (χ0) is 10.1. The number of carbonyl (C=O) groups excluding carboxylic acids is 1. The molecule has 0 saturated carbocycles. The molecule has 1 aliphatic rings. The van der Waals surface area contributed by atoms with E-state index in [4.69, 9.17) is 4.74 Å². The van der Waals surface area contributed by atoms with E-state index >= 15 is 0 Å². The Labute approximate surface area is 80.1 Å². The molecule has 0 N–H and O–H groups in total. The van der Waals surface area contributed by atoms with E-state index in [-0.39, 0.29) is 11.7 Å². The third-order valence-electron chi connectivity index (χ3n) is 2.19. The van der Waals surface area contributed by atoms with Gasteiger partial charge < -0.3 is 9.64 Å². The largest absolute Gasteiger partial charge is 0.444 e. The van der Waals surface area contributed by atoms with Crippen molar-refractivity contribution in [3.63, 3.8) is 0 Å². The summed E-state index contributed by atoms with van der Waals surface area (Å²) in [5.41, 5.74) is -0.367. The number of hydrogen-bond acceptors (Lipinski definition) is 2. The first-order valence-electron chi connectivity index (χ1n) is 4.90. The summed E-state index contributed by atoms with van der Waals surface area (Å²) >= 11 is 0. The number of likely N-dealkylation sites (tertiary alicyclic amines) is 1. The summed E-state index contributed by atoms with van der Waals surface area (Å²) in [6, 6.07) is 0. The molecule has 0 aliphatic carbocycles. The summed E-state index contributed by atoms with van der Waals surface area (Å²) < 4.78 is 5.22. The zero-order valence-electron chi connectivity index (χ0n) is 8.96. The van der Waals surface area contributed by atoms with E-state index in [0.29, 0.717) is 5.92 Å². The number of hydrogen-bond donors (Lipinski definition) is 0. The second kappa shape index (κ2) is 3.56. The van der Waals surface area contributed by atoms with Crippen molar-refractivity contribution in [3.8, 4) is 0 Å². The Balaban J connectivity index is 2.27. The summed E-state index contributed by atoms with van der Waals surface area (Å²) in [5, 5.41) is 0. The molecule has 0 atom stereocenters. The highest BCUT2D eigenvalue weighted by Gasteiger charge is 2.32. The quantitative estimate of drug-likeness (QED) is 0.627. The van der Waals surface area contributed by atoms with Crippen LogP contribution in [0.4, 0.5) is 4.79 Å². The predicted octanol–water partition coefficient (Wildman–Crippen LogP) is 2.26. The second-order valence-corrected chi connectivity index (χ2v) is 4.66. The Kier molecular flexibility index (Phi) is 2.84. The Morgan fingerprint density at radius 2 is 2.00 bits per heavy atom. The maximum atomic E-state index is 11.4. The predicted molar refractivity (Wildman–Crippen MR) is 51.6 cm³/mol. The van der Waals surface area contributed by atoms with E-state index in [0.717, 1.165) is 19.5 Å². The number of carbonyl (C=O) groups is 1. The van der Waals surface area contributed by atoms with Crippen molar-refractivity contribution in [3.05, 3.63) is 0 Å². The molecule has 0 radical (unpaired) electrons. The van der Waals surface area contributed by atoms with Crippen molar-refractivity contribution >= 4 is 6.09 Å². The van der Waals surface area contributed by atoms with Crippen LogP contribution in [0.2, 0.25) is 0 Å². The van der Waals surface area contributed by atoms with Gasteiger partial charge in [0.1, 0.15) is 5.60 Å². The molecule has 0 aromatic rings. The van der Waals surface area contributed by atoms with Crippen LogP contribution in [0.25, 0.3) is 0 Å². The van der Waals surface area contributed by atoms with Gasteiger partial charge in [-0.15, -0.1) is 0 Å². The highest BCUT2D eigenvalue weighted by molar-refractivity contribution is 5.69. The number of amides is 1. The lowest BCUT2D eigenvalue weighted by Crippen LogP contribution is -2.51. The Hall–Kier alpha value is -0.730. The van der Waals surface area contributed by atoms with E-state index in [9.17, 15) is 4.79 Å². The highest BCUT2D eigenvalue weighted by Crippen LogP contribution is 2.21. The van der Waals surface area contributed by atoms with E-state index in [1.165, 1.54) is 0 Å². The molecule has 1 aliphatic heterocycles. The minimum atomic E-state index is -0.367. The van der Waals surface area contributed by atoms with E-state index in [2.05, 4.69) is 6.92 Å². The van der Waals surface area contributed by atoms with Gasteiger partial charge in [-0.2, -0.15) is 0 Å². The van der Waals surface area contributed by atoms with Gasteiger partial charge in [0.2, 0.25) is 0 Å². The second-order valence-electron chi connectivity index (χ2n) is 4.66. The monoisotopic (exact) mass is 185 g/mol. The van der Waals surface area contributed by atoms with Crippen molar-refractivity contribution in [2.24, 2.45) is 5.92 Å². The summed E-state index contributed by atoms with van der Waals surface area (Å²) in [6.07, 6.45) is 0.983. The standard InChI is InChI=1S/C10H19NO2/c1-5-8-6-11(7-8)9(12)13-10(2,3)4/h8H,5-7H2,1-4H3. The minimum Gasteiger partial charge on any atom is -0.444 e. The van der Waals surface area contributed by atoms with Crippen LogP contribution < -0.4 is 0 Å². The average molecular weight is 185 g/mol. The van der Waals surface area contributed by atoms with Gasteiger partial charge in [0.15, 0.2) is 0 Å². The first-order chi connectivity index (χ1) is 5.92. The molecule has 3 heteroatoms. The van der Waals surface area contributed by atoms with Gasteiger partial charge in [-0.05, 0) is 33.1 Å². The van der Waals surface area contributed by atoms with Gasteiger partial charge in [0, 0.05) is 13.1 Å². The molecule has 76 valence electrons. The first kappa shape index (κ1) is 10.4. The SMILES string of the molecule is CCC1CN(C(=O)OC(C)(C)C)C1.